The van der Waals surface area contributed by atoms with Gasteiger partial charge in [0.15, 0.2) is 11.4 Å². The third kappa shape index (κ3) is 7.59. The average Bonchev–Trinajstić information content (AvgIpc) is 3.53. The minimum atomic E-state index is -0.286. The molecule has 0 spiro atoms. The number of allylic oxidation sites excluding steroid dienone is 2. The molecule has 51 heavy (non-hydrogen) atoms. The summed E-state index contributed by atoms with van der Waals surface area (Å²) in [5.41, 5.74) is 9.05. The van der Waals surface area contributed by atoms with Crippen molar-refractivity contribution in [2.75, 3.05) is 0 Å². The second-order valence-electron chi connectivity index (χ2n) is 15.3. The topological polar surface area (TPSA) is 65.2 Å². The smallest absolute Gasteiger partial charge is 0.167 e. The van der Waals surface area contributed by atoms with Gasteiger partial charge in [0.1, 0.15) is 17.6 Å². The average molecular weight is 863 g/mol. The monoisotopic (exact) mass is 863 g/mol. The number of ketones is 1. The summed E-state index contributed by atoms with van der Waals surface area (Å²) in [4.78, 5) is 21.8. The summed E-state index contributed by atoms with van der Waals surface area (Å²) in [5.74, 6) is 1.80. The molecule has 0 amide bonds. The van der Waals surface area contributed by atoms with Gasteiger partial charge in [-0.05, 0) is 49.5 Å². The molecule has 0 N–H and O–H groups in total. The third-order valence-electron chi connectivity index (χ3n) is 11.4. The van der Waals surface area contributed by atoms with Gasteiger partial charge in [-0.15, -0.1) is 17.5 Å². The Kier molecular flexibility index (Phi) is 12.5. The van der Waals surface area contributed by atoms with Crippen LogP contribution in [0, 0.1) is 24.9 Å². The van der Waals surface area contributed by atoms with E-state index in [0.717, 1.165) is 77.6 Å². The Bertz CT molecular complexity index is 2040. The van der Waals surface area contributed by atoms with Gasteiger partial charge in [-0.2, -0.15) is 19.6 Å². The molecule has 0 fully saturated rings. The molecule has 0 saturated heterocycles. The van der Waals surface area contributed by atoms with Crippen LogP contribution < -0.4 is 0 Å². The molecular formula is C45H54IrN2O3-2. The first-order chi connectivity index (χ1) is 23.8. The van der Waals surface area contributed by atoms with Gasteiger partial charge in [-0.3, -0.25) is 4.79 Å². The van der Waals surface area contributed by atoms with Crippen LogP contribution >= 0.6 is 0 Å². The number of fused-ring (bicyclic) bond motifs is 6. The van der Waals surface area contributed by atoms with Crippen LogP contribution in [0.3, 0.4) is 0 Å². The van der Waals surface area contributed by atoms with E-state index in [1.807, 2.05) is 6.92 Å². The van der Waals surface area contributed by atoms with Gasteiger partial charge in [-0.25, -0.2) is 9.97 Å². The number of hydrogen-bond donors (Lipinski definition) is 0. The van der Waals surface area contributed by atoms with Crippen molar-refractivity contribution in [2.24, 2.45) is 10.8 Å². The van der Waals surface area contributed by atoms with Crippen molar-refractivity contribution < 1.29 is 34.1 Å². The first kappa shape index (κ1) is 40.0. The molecule has 1 radical (unpaired) electrons. The number of ether oxygens (including phenoxy) is 1. The van der Waals surface area contributed by atoms with Crippen LogP contribution in [0.4, 0.5) is 0 Å². The Morgan fingerprint density at radius 2 is 1.45 bits per heavy atom. The maximum absolute atomic E-state index is 12.4. The summed E-state index contributed by atoms with van der Waals surface area (Å²) in [7, 11) is 3.51. The molecule has 273 valence electrons. The predicted octanol–water partition coefficient (Wildman–Crippen LogP) is 12.2. The quantitative estimate of drug-likeness (QED) is 0.0839. The molecule has 6 heteroatoms. The third-order valence-corrected chi connectivity index (χ3v) is 11.4. The maximum Gasteiger partial charge on any atom is 0.167 e. The molecule has 5 aromatic rings. The van der Waals surface area contributed by atoms with Crippen molar-refractivity contribution >= 4 is 27.7 Å². The van der Waals surface area contributed by atoms with Crippen LogP contribution in [0.2, 0.25) is 0 Å². The molecule has 5 nitrogen and oxygen atoms in total. The second kappa shape index (κ2) is 15.9. The molecule has 1 aliphatic carbocycles. The van der Waals surface area contributed by atoms with E-state index < -0.39 is 0 Å². The Labute approximate surface area is 319 Å². The zero-order chi connectivity index (χ0) is 36.4. The molecule has 0 atom stereocenters. The minimum Gasteiger partial charge on any atom is -0.668 e. The van der Waals surface area contributed by atoms with Gasteiger partial charge in [-0.1, -0.05) is 121 Å². The fraction of sp³-hybridized carbons (Fsp3) is 0.400. The normalized spacial score (nSPS) is 13.2. The summed E-state index contributed by atoms with van der Waals surface area (Å²) in [6.07, 6.45) is 8.84. The van der Waals surface area contributed by atoms with Gasteiger partial charge >= 0.3 is 0 Å². The summed E-state index contributed by atoms with van der Waals surface area (Å²) < 4.78 is 11.8. The van der Waals surface area contributed by atoms with Crippen molar-refractivity contribution in [3.8, 4) is 22.6 Å². The first-order valence-corrected chi connectivity index (χ1v) is 18.2. The predicted molar refractivity (Wildman–Crippen MR) is 208 cm³/mol. The van der Waals surface area contributed by atoms with Gasteiger partial charge in [0.2, 0.25) is 0 Å². The number of benzene rings is 3. The number of carbonyl (C=O) groups is 1. The molecule has 0 unspecified atom stereocenters. The number of aromatic nitrogens is 2. The van der Waals surface area contributed by atoms with E-state index in [9.17, 15) is 4.79 Å². The van der Waals surface area contributed by atoms with E-state index in [4.69, 9.17) is 14.1 Å². The van der Waals surface area contributed by atoms with Crippen LogP contribution in [0.5, 0.6) is 0 Å². The van der Waals surface area contributed by atoms with Crippen LogP contribution in [0.15, 0.2) is 77.2 Å². The van der Waals surface area contributed by atoms with Gasteiger partial charge in [0.05, 0.1) is 11.5 Å². The fourth-order valence-corrected chi connectivity index (χ4v) is 6.96. The van der Waals surface area contributed by atoms with E-state index in [-0.39, 0.29) is 42.1 Å². The molecule has 1 aliphatic rings. The van der Waals surface area contributed by atoms with Crippen molar-refractivity contribution in [3.05, 3.63) is 109 Å². The summed E-state index contributed by atoms with van der Waals surface area (Å²) in [6.45, 7) is 23.7. The number of rotatable bonds is 9. The molecule has 2 aromatic heterocycles. The molecule has 6 rings (SSSR count). The van der Waals surface area contributed by atoms with Crippen LogP contribution in [-0.2, 0) is 47.9 Å². The minimum absolute atomic E-state index is 0. The van der Waals surface area contributed by atoms with E-state index in [2.05, 4.69) is 129 Å². The number of nitrogens with zero attached hydrogens (tertiary/aromatic N) is 2. The summed E-state index contributed by atoms with van der Waals surface area (Å²) in [5, 5.41) is 2.40. The summed E-state index contributed by atoms with van der Waals surface area (Å²) >= 11 is 0. The van der Waals surface area contributed by atoms with Crippen LogP contribution in [0.1, 0.15) is 110 Å². The van der Waals surface area contributed by atoms with E-state index in [0.29, 0.717) is 5.76 Å². The van der Waals surface area contributed by atoms with E-state index in [1.165, 1.54) is 27.6 Å². The number of hydrogen-bond acceptors (Lipinski definition) is 5. The number of furan rings is 1. The molecule has 0 bridgehead atoms. The fourth-order valence-electron chi connectivity index (χ4n) is 6.96. The largest absolute Gasteiger partial charge is 0.668 e. The summed E-state index contributed by atoms with van der Waals surface area (Å²) in [6, 6.07) is 19.3. The Morgan fingerprint density at radius 3 is 2.06 bits per heavy atom. The number of carbonyl (C=O) groups excluding carboxylic acids is 1. The van der Waals surface area contributed by atoms with E-state index in [1.54, 1.807) is 12.4 Å². The maximum atomic E-state index is 12.4. The first-order valence-electron chi connectivity index (χ1n) is 18.2. The Hall–Kier alpha value is -3.73. The second-order valence-corrected chi connectivity index (χ2v) is 15.3. The molecular weight excluding hydrogens is 809 g/mol. The molecule has 0 aliphatic heterocycles. The molecule has 2 heterocycles. The van der Waals surface area contributed by atoms with Crippen molar-refractivity contribution in [3.63, 3.8) is 0 Å². The van der Waals surface area contributed by atoms with E-state index >= 15 is 0 Å². The SMILES string of the molecule is [CH2-]O/C(=C\C(=O)C(C)(CC)CC)C(C)(CC)CC.[CH2-]c1c(-c2ncnc3c4c(oc23)-c2ccccc2CC4)cc(C(C)(C)C)c2ccccc12.[Ir]. The zero-order valence-electron chi connectivity index (χ0n) is 32.0. The number of aryl methyl sites for hydroxylation is 2. The van der Waals surface area contributed by atoms with Crippen LogP contribution in [-0.4, -0.2) is 15.8 Å². The van der Waals surface area contributed by atoms with Gasteiger partial charge < -0.3 is 9.15 Å². The Balaban J connectivity index is 0.000000266. The van der Waals surface area contributed by atoms with Crippen molar-refractivity contribution in [1.82, 2.24) is 9.97 Å². The zero-order valence-corrected chi connectivity index (χ0v) is 34.4. The molecule has 0 saturated carbocycles. The van der Waals surface area contributed by atoms with Gasteiger partial charge in [0.25, 0.3) is 0 Å². The molecule has 3 aromatic carbocycles. The van der Waals surface area contributed by atoms with Crippen LogP contribution in [0.25, 0.3) is 44.5 Å². The van der Waals surface area contributed by atoms with Crippen molar-refractivity contribution in [1.29, 1.82) is 0 Å². The standard InChI is InChI=1S/C29H25N2O.C16H29O2.Ir/c1-17-19-10-7-8-12-21(19)24(29(2,3)4)15-23(17)26-28-25(30-16-31-26)22-14-13-18-9-5-6-11-20(18)27(22)32-28;1-8-15(5,9-2)13(17)12-14(18-7)16(6,10-3)11-4;/h5-12,15-16H,1,13-14H2,2-4H3;12H,7-11H2,1-6H3;/q2*-1;/b;14-12-;. The van der Waals surface area contributed by atoms with Gasteiger partial charge in [0, 0.05) is 48.1 Å². The Morgan fingerprint density at radius 1 is 0.843 bits per heavy atom. The van der Waals surface area contributed by atoms with Crippen molar-refractivity contribution in [2.45, 2.75) is 106 Å².